The first-order chi connectivity index (χ1) is 10.2. The molecule has 0 saturated carbocycles. The van der Waals surface area contributed by atoms with E-state index in [1.165, 1.54) is 11.1 Å². The summed E-state index contributed by atoms with van der Waals surface area (Å²) in [5, 5.41) is 0. The van der Waals surface area contributed by atoms with E-state index in [2.05, 4.69) is 53.9 Å². The molecule has 2 aromatic rings. The molecular formula is C18H24N2O. The summed E-state index contributed by atoms with van der Waals surface area (Å²) >= 11 is 0. The Morgan fingerprint density at radius 2 is 1.90 bits per heavy atom. The quantitative estimate of drug-likeness (QED) is 0.845. The third-order valence-electron chi connectivity index (χ3n) is 4.11. The molecule has 3 rings (SSSR count). The van der Waals surface area contributed by atoms with Crippen LogP contribution in [-0.2, 0) is 11.2 Å². The van der Waals surface area contributed by atoms with E-state index in [9.17, 15) is 0 Å². The van der Waals surface area contributed by atoms with Crippen molar-refractivity contribution >= 4 is 0 Å². The topological polar surface area (TPSA) is 27.1 Å². The first kappa shape index (κ1) is 14.3. The molecule has 0 amide bonds. The average molecular weight is 284 g/mol. The molecule has 21 heavy (non-hydrogen) atoms. The van der Waals surface area contributed by atoms with Crippen molar-refractivity contribution in [1.82, 2.24) is 9.55 Å². The van der Waals surface area contributed by atoms with Crippen LogP contribution in [0.25, 0.3) is 11.4 Å². The lowest BCUT2D eigenvalue weighted by Crippen LogP contribution is -2.19. The summed E-state index contributed by atoms with van der Waals surface area (Å²) in [5.41, 5.74) is 2.61. The van der Waals surface area contributed by atoms with Gasteiger partial charge in [-0.2, -0.15) is 0 Å². The van der Waals surface area contributed by atoms with Crippen molar-refractivity contribution in [2.75, 3.05) is 13.2 Å². The van der Waals surface area contributed by atoms with Crippen LogP contribution in [0.15, 0.2) is 36.7 Å². The Balaban J connectivity index is 1.82. The smallest absolute Gasteiger partial charge is 0.140 e. The summed E-state index contributed by atoms with van der Waals surface area (Å²) < 4.78 is 7.78. The zero-order valence-electron chi connectivity index (χ0n) is 13.0. The molecule has 1 fully saturated rings. The summed E-state index contributed by atoms with van der Waals surface area (Å²) in [5.74, 6) is 1.78. The van der Waals surface area contributed by atoms with Crippen LogP contribution >= 0.6 is 0 Å². The highest BCUT2D eigenvalue weighted by Gasteiger charge is 2.18. The second kappa shape index (κ2) is 6.44. The molecule has 3 heteroatoms. The summed E-state index contributed by atoms with van der Waals surface area (Å²) in [6.45, 7) is 6.22. The van der Waals surface area contributed by atoms with Crippen LogP contribution in [0.5, 0.6) is 0 Å². The standard InChI is InChI=1S/C18H24N2O/c1-14(2)13-15-3-5-16(6-4-15)18-19-9-10-20(18)17-7-11-21-12-8-17/h3-6,9-10,14,17H,7-8,11-13H2,1-2H3. The van der Waals surface area contributed by atoms with E-state index in [0.717, 1.165) is 38.3 Å². The molecule has 0 bridgehead atoms. The Morgan fingerprint density at radius 3 is 2.57 bits per heavy atom. The highest BCUT2D eigenvalue weighted by molar-refractivity contribution is 5.56. The normalized spacial score (nSPS) is 16.5. The van der Waals surface area contributed by atoms with Crippen molar-refractivity contribution in [2.24, 2.45) is 5.92 Å². The summed E-state index contributed by atoms with van der Waals surface area (Å²) in [7, 11) is 0. The fourth-order valence-electron chi connectivity index (χ4n) is 3.06. The number of benzene rings is 1. The van der Waals surface area contributed by atoms with Crippen LogP contribution in [0.1, 0.15) is 38.3 Å². The minimum atomic E-state index is 0.520. The van der Waals surface area contributed by atoms with Gasteiger partial charge in [0, 0.05) is 37.2 Å². The largest absolute Gasteiger partial charge is 0.381 e. The van der Waals surface area contributed by atoms with E-state index in [1.54, 1.807) is 0 Å². The molecule has 112 valence electrons. The van der Waals surface area contributed by atoms with E-state index in [-0.39, 0.29) is 0 Å². The molecule has 0 atom stereocenters. The van der Waals surface area contributed by atoms with Gasteiger partial charge in [0.05, 0.1) is 0 Å². The number of ether oxygens (including phenoxy) is 1. The molecule has 0 aliphatic carbocycles. The van der Waals surface area contributed by atoms with Gasteiger partial charge in [-0.25, -0.2) is 4.98 Å². The van der Waals surface area contributed by atoms with Gasteiger partial charge in [0.25, 0.3) is 0 Å². The van der Waals surface area contributed by atoms with Crippen molar-refractivity contribution < 1.29 is 4.74 Å². The van der Waals surface area contributed by atoms with Crippen LogP contribution in [0, 0.1) is 5.92 Å². The number of aromatic nitrogens is 2. The highest BCUT2D eigenvalue weighted by atomic mass is 16.5. The molecule has 0 radical (unpaired) electrons. The third-order valence-corrected chi connectivity index (χ3v) is 4.11. The van der Waals surface area contributed by atoms with Crippen LogP contribution in [0.3, 0.4) is 0 Å². The van der Waals surface area contributed by atoms with E-state index in [1.807, 2.05) is 6.20 Å². The second-order valence-corrected chi connectivity index (χ2v) is 6.30. The van der Waals surface area contributed by atoms with Crippen molar-refractivity contribution in [3.63, 3.8) is 0 Å². The lowest BCUT2D eigenvalue weighted by molar-refractivity contribution is 0.0700. The lowest BCUT2D eigenvalue weighted by Gasteiger charge is -2.25. The van der Waals surface area contributed by atoms with Gasteiger partial charge in [-0.15, -0.1) is 0 Å². The molecule has 1 saturated heterocycles. The van der Waals surface area contributed by atoms with Gasteiger partial charge in [-0.1, -0.05) is 38.1 Å². The fraction of sp³-hybridized carbons (Fsp3) is 0.500. The summed E-state index contributed by atoms with van der Waals surface area (Å²) in [6, 6.07) is 9.40. The minimum Gasteiger partial charge on any atom is -0.381 e. The zero-order valence-corrected chi connectivity index (χ0v) is 13.0. The molecule has 1 aromatic carbocycles. The maximum atomic E-state index is 5.46. The Kier molecular flexibility index (Phi) is 4.39. The van der Waals surface area contributed by atoms with Crippen LogP contribution in [0.2, 0.25) is 0 Å². The van der Waals surface area contributed by atoms with E-state index < -0.39 is 0 Å². The molecular weight excluding hydrogens is 260 g/mol. The summed E-state index contributed by atoms with van der Waals surface area (Å²) in [4.78, 5) is 4.57. The number of nitrogens with zero attached hydrogens (tertiary/aromatic N) is 2. The molecule has 0 N–H and O–H groups in total. The Morgan fingerprint density at radius 1 is 1.19 bits per heavy atom. The fourth-order valence-corrected chi connectivity index (χ4v) is 3.06. The Labute approximate surface area is 127 Å². The van der Waals surface area contributed by atoms with Gasteiger partial charge in [-0.3, -0.25) is 0 Å². The van der Waals surface area contributed by atoms with Gasteiger partial charge < -0.3 is 9.30 Å². The van der Waals surface area contributed by atoms with Crippen LogP contribution < -0.4 is 0 Å². The number of hydrogen-bond acceptors (Lipinski definition) is 2. The molecule has 3 nitrogen and oxygen atoms in total. The van der Waals surface area contributed by atoms with Crippen molar-refractivity contribution in [3.8, 4) is 11.4 Å². The maximum Gasteiger partial charge on any atom is 0.140 e. The minimum absolute atomic E-state index is 0.520. The number of hydrogen-bond donors (Lipinski definition) is 0. The molecule has 0 spiro atoms. The van der Waals surface area contributed by atoms with Crippen molar-refractivity contribution in [2.45, 2.75) is 39.2 Å². The molecule has 1 aromatic heterocycles. The van der Waals surface area contributed by atoms with Crippen LogP contribution in [-0.4, -0.2) is 22.8 Å². The number of rotatable bonds is 4. The second-order valence-electron chi connectivity index (χ2n) is 6.30. The lowest BCUT2D eigenvalue weighted by atomic mass is 10.0. The first-order valence-corrected chi connectivity index (χ1v) is 7.94. The SMILES string of the molecule is CC(C)Cc1ccc(-c2nccn2C2CCOCC2)cc1. The van der Waals surface area contributed by atoms with Gasteiger partial charge >= 0.3 is 0 Å². The van der Waals surface area contributed by atoms with Crippen molar-refractivity contribution in [3.05, 3.63) is 42.2 Å². The monoisotopic (exact) mass is 284 g/mol. The van der Waals surface area contributed by atoms with Gasteiger partial charge in [0.15, 0.2) is 0 Å². The highest BCUT2D eigenvalue weighted by Crippen LogP contribution is 2.27. The Hall–Kier alpha value is -1.61. The van der Waals surface area contributed by atoms with Crippen molar-refractivity contribution in [1.29, 1.82) is 0 Å². The summed E-state index contributed by atoms with van der Waals surface area (Å²) in [6.07, 6.45) is 7.30. The Bertz CT molecular complexity index is 565. The first-order valence-electron chi connectivity index (χ1n) is 7.94. The molecule has 0 unspecified atom stereocenters. The van der Waals surface area contributed by atoms with E-state index in [4.69, 9.17) is 4.74 Å². The van der Waals surface area contributed by atoms with E-state index in [0.29, 0.717) is 12.0 Å². The molecule has 1 aliphatic rings. The predicted octanol–water partition coefficient (Wildman–Crippen LogP) is 4.10. The van der Waals surface area contributed by atoms with E-state index >= 15 is 0 Å². The molecule has 2 heterocycles. The van der Waals surface area contributed by atoms with Crippen LogP contribution in [0.4, 0.5) is 0 Å². The average Bonchev–Trinajstić information content (AvgIpc) is 2.98. The van der Waals surface area contributed by atoms with Gasteiger partial charge in [0.2, 0.25) is 0 Å². The van der Waals surface area contributed by atoms with Gasteiger partial charge in [0.1, 0.15) is 5.82 Å². The molecule has 1 aliphatic heterocycles. The maximum absolute atomic E-state index is 5.46. The van der Waals surface area contributed by atoms with Gasteiger partial charge in [-0.05, 0) is 30.7 Å². The third kappa shape index (κ3) is 3.35. The predicted molar refractivity (Wildman–Crippen MR) is 85.3 cm³/mol. The zero-order chi connectivity index (χ0) is 14.7. The number of imidazole rings is 1.